The number of alkyl carbamates (subject to hydrolysis) is 1. The molecule has 98 valence electrons. The summed E-state index contributed by atoms with van der Waals surface area (Å²) in [6.45, 7) is 9.22. The van der Waals surface area contributed by atoms with E-state index in [4.69, 9.17) is 9.47 Å². The lowest BCUT2D eigenvalue weighted by molar-refractivity contribution is -0.0187. The van der Waals surface area contributed by atoms with Gasteiger partial charge in [-0.3, -0.25) is 0 Å². The summed E-state index contributed by atoms with van der Waals surface area (Å²) in [7, 11) is 0. The van der Waals surface area contributed by atoms with Gasteiger partial charge in [0.1, 0.15) is 5.60 Å². The third kappa shape index (κ3) is 2.57. The molecule has 0 unspecified atom stereocenters. The molecule has 2 bridgehead atoms. The first kappa shape index (κ1) is 12.7. The minimum atomic E-state index is -0.430. The van der Waals surface area contributed by atoms with Crippen molar-refractivity contribution in [3.63, 3.8) is 0 Å². The Kier molecular flexibility index (Phi) is 2.89. The lowest BCUT2D eigenvalue weighted by Gasteiger charge is -2.44. The number of nitrogens with one attached hydrogen (secondary N) is 1. The molecule has 2 heterocycles. The smallest absolute Gasteiger partial charge is 0.407 e. The Balaban J connectivity index is 1.76. The van der Waals surface area contributed by atoms with Crippen LogP contribution < -0.4 is 5.32 Å². The van der Waals surface area contributed by atoms with E-state index in [9.17, 15) is 4.79 Å². The zero-order chi connectivity index (χ0) is 12.7. The number of ether oxygens (including phenoxy) is 2. The quantitative estimate of drug-likeness (QED) is 0.825. The number of carbonyl (C=O) groups is 1. The van der Waals surface area contributed by atoms with Gasteiger partial charge in [0.2, 0.25) is 0 Å². The molecule has 1 amide bonds. The second kappa shape index (κ2) is 3.87. The molecule has 1 N–H and O–H groups in total. The molecule has 2 saturated heterocycles. The molecule has 3 rings (SSSR count). The highest BCUT2D eigenvalue weighted by molar-refractivity contribution is 5.67. The summed E-state index contributed by atoms with van der Waals surface area (Å²) in [5, 5.41) is 2.86. The lowest BCUT2D eigenvalue weighted by Crippen LogP contribution is -2.50. The molecule has 4 heteroatoms. The normalized spacial score (nSPS) is 35.3. The van der Waals surface area contributed by atoms with Gasteiger partial charge in [0.25, 0.3) is 0 Å². The van der Waals surface area contributed by atoms with Crippen LogP contribution in [0.1, 0.15) is 47.0 Å². The van der Waals surface area contributed by atoms with E-state index in [2.05, 4.69) is 12.2 Å². The molecule has 17 heavy (non-hydrogen) atoms. The summed E-state index contributed by atoms with van der Waals surface area (Å²) in [5.41, 5.74) is -0.136. The Morgan fingerprint density at radius 3 is 2.53 bits per heavy atom. The van der Waals surface area contributed by atoms with Crippen LogP contribution in [0.2, 0.25) is 0 Å². The van der Waals surface area contributed by atoms with Gasteiger partial charge < -0.3 is 14.8 Å². The molecule has 0 aromatic heterocycles. The minimum Gasteiger partial charge on any atom is -0.444 e. The first-order valence-electron chi connectivity index (χ1n) is 6.39. The third-order valence-corrected chi connectivity index (χ3v) is 3.73. The van der Waals surface area contributed by atoms with E-state index >= 15 is 0 Å². The van der Waals surface area contributed by atoms with Crippen LogP contribution >= 0.6 is 0 Å². The molecule has 0 radical (unpaired) electrons. The molecule has 0 spiro atoms. The zero-order valence-corrected chi connectivity index (χ0v) is 11.3. The summed E-state index contributed by atoms with van der Waals surface area (Å²) < 4.78 is 11.0. The van der Waals surface area contributed by atoms with Crippen LogP contribution in [0.5, 0.6) is 0 Å². The van der Waals surface area contributed by atoms with Crippen LogP contribution in [0, 0.1) is 5.41 Å². The summed E-state index contributed by atoms with van der Waals surface area (Å²) >= 11 is 0. The number of rotatable bonds is 3. The van der Waals surface area contributed by atoms with Crippen molar-refractivity contribution in [1.82, 2.24) is 5.32 Å². The van der Waals surface area contributed by atoms with Crippen LogP contribution in [0.25, 0.3) is 0 Å². The van der Waals surface area contributed by atoms with Gasteiger partial charge in [-0.1, -0.05) is 6.92 Å². The number of fused-ring (bicyclic) bond motifs is 1. The molecule has 0 atom stereocenters. The van der Waals surface area contributed by atoms with Crippen molar-refractivity contribution in [2.24, 2.45) is 5.41 Å². The second-order valence-corrected chi connectivity index (χ2v) is 6.53. The highest BCUT2D eigenvalue weighted by atomic mass is 16.6. The van der Waals surface area contributed by atoms with Gasteiger partial charge in [0.15, 0.2) is 0 Å². The average Bonchev–Trinajstić information content (AvgIpc) is 2.67. The predicted octanol–water partition coefficient (Wildman–Crippen LogP) is 2.47. The maximum atomic E-state index is 11.6. The fourth-order valence-electron chi connectivity index (χ4n) is 2.93. The van der Waals surface area contributed by atoms with Gasteiger partial charge in [0, 0.05) is 12.0 Å². The van der Waals surface area contributed by atoms with Gasteiger partial charge in [-0.15, -0.1) is 0 Å². The van der Waals surface area contributed by atoms with E-state index in [-0.39, 0.29) is 17.1 Å². The average molecular weight is 241 g/mol. The summed E-state index contributed by atoms with van der Waals surface area (Å²) in [4.78, 5) is 11.6. The Hall–Kier alpha value is -0.770. The molecule has 1 aliphatic carbocycles. The topological polar surface area (TPSA) is 47.6 Å². The predicted molar refractivity (Wildman–Crippen MR) is 64.9 cm³/mol. The van der Waals surface area contributed by atoms with Gasteiger partial charge in [-0.05, 0) is 40.0 Å². The molecule has 1 saturated carbocycles. The summed E-state index contributed by atoms with van der Waals surface area (Å²) in [6, 6.07) is 0. The molecular weight excluding hydrogens is 218 g/mol. The van der Waals surface area contributed by atoms with Crippen molar-refractivity contribution < 1.29 is 14.3 Å². The SMILES string of the molecule is CCC12CC(CNC(=O)OC(C)(C)C)(CO1)C2. The molecular formula is C13H23NO3. The summed E-state index contributed by atoms with van der Waals surface area (Å²) in [5.74, 6) is 0. The van der Waals surface area contributed by atoms with Crippen LogP contribution in [0.3, 0.4) is 0 Å². The minimum absolute atomic E-state index is 0.121. The van der Waals surface area contributed by atoms with Gasteiger partial charge >= 0.3 is 6.09 Å². The van der Waals surface area contributed by atoms with Crippen molar-refractivity contribution in [2.75, 3.05) is 13.2 Å². The first-order chi connectivity index (χ1) is 7.78. The number of carbonyl (C=O) groups excluding carboxylic acids is 1. The van der Waals surface area contributed by atoms with Gasteiger partial charge in [0.05, 0.1) is 12.2 Å². The van der Waals surface area contributed by atoms with Crippen LogP contribution in [0.4, 0.5) is 4.79 Å². The molecule has 0 aromatic carbocycles. The monoisotopic (exact) mass is 241 g/mol. The number of hydrogen-bond donors (Lipinski definition) is 1. The standard InChI is InChI=1S/C13H23NO3/c1-5-13-6-12(7-13,9-16-13)8-14-10(15)17-11(2,3)4/h5-9H2,1-4H3,(H,14,15). The van der Waals surface area contributed by atoms with Crippen molar-refractivity contribution in [3.05, 3.63) is 0 Å². The Morgan fingerprint density at radius 1 is 1.41 bits per heavy atom. The molecule has 4 nitrogen and oxygen atoms in total. The van der Waals surface area contributed by atoms with E-state index in [1.54, 1.807) is 0 Å². The maximum absolute atomic E-state index is 11.6. The van der Waals surface area contributed by atoms with Crippen LogP contribution in [-0.2, 0) is 9.47 Å². The third-order valence-electron chi connectivity index (χ3n) is 3.73. The van der Waals surface area contributed by atoms with Crippen LogP contribution in [0.15, 0.2) is 0 Å². The van der Waals surface area contributed by atoms with E-state index in [1.165, 1.54) is 0 Å². The maximum Gasteiger partial charge on any atom is 0.407 e. The molecule has 3 aliphatic rings. The van der Waals surface area contributed by atoms with E-state index in [0.29, 0.717) is 6.54 Å². The van der Waals surface area contributed by atoms with Crippen molar-refractivity contribution in [2.45, 2.75) is 58.2 Å². The Morgan fingerprint density at radius 2 is 2.06 bits per heavy atom. The Labute approximate surface area is 103 Å². The number of amides is 1. The van der Waals surface area contributed by atoms with Crippen molar-refractivity contribution >= 4 is 6.09 Å². The zero-order valence-electron chi connectivity index (χ0n) is 11.3. The molecule has 2 aliphatic heterocycles. The lowest BCUT2D eigenvalue weighted by atomic mass is 9.61. The Bertz CT molecular complexity index is 313. The second-order valence-electron chi connectivity index (χ2n) is 6.53. The number of hydrogen-bond acceptors (Lipinski definition) is 3. The van der Waals surface area contributed by atoms with E-state index in [1.807, 2.05) is 20.8 Å². The van der Waals surface area contributed by atoms with Crippen molar-refractivity contribution in [1.29, 1.82) is 0 Å². The van der Waals surface area contributed by atoms with Gasteiger partial charge in [-0.25, -0.2) is 4.79 Å². The van der Waals surface area contributed by atoms with Gasteiger partial charge in [-0.2, -0.15) is 0 Å². The highest BCUT2D eigenvalue weighted by Crippen LogP contribution is 2.58. The largest absolute Gasteiger partial charge is 0.444 e. The fraction of sp³-hybridized carbons (Fsp3) is 0.923. The fourth-order valence-corrected chi connectivity index (χ4v) is 2.93. The first-order valence-corrected chi connectivity index (χ1v) is 6.39. The summed E-state index contributed by atoms with van der Waals surface area (Å²) in [6.07, 6.45) is 2.90. The van der Waals surface area contributed by atoms with Crippen molar-refractivity contribution in [3.8, 4) is 0 Å². The highest BCUT2D eigenvalue weighted by Gasteiger charge is 2.61. The van der Waals surface area contributed by atoms with E-state index in [0.717, 1.165) is 25.9 Å². The molecule has 3 fully saturated rings. The van der Waals surface area contributed by atoms with Crippen LogP contribution in [-0.4, -0.2) is 30.4 Å². The van der Waals surface area contributed by atoms with E-state index < -0.39 is 5.60 Å². The molecule has 0 aromatic rings.